The molecule has 3 aromatic rings. The van der Waals surface area contributed by atoms with Gasteiger partial charge in [0, 0.05) is 24.5 Å². The Kier molecular flexibility index (Phi) is 4.52. The van der Waals surface area contributed by atoms with E-state index in [1.54, 1.807) is 36.8 Å². The summed E-state index contributed by atoms with van der Waals surface area (Å²) >= 11 is 0. The molecule has 1 N–H and O–H groups in total. The Morgan fingerprint density at radius 2 is 1.75 bits per heavy atom. The van der Waals surface area contributed by atoms with Gasteiger partial charge >= 0.3 is 0 Å². The molecule has 0 atom stereocenters. The number of imidazole rings is 1. The summed E-state index contributed by atoms with van der Waals surface area (Å²) in [4.78, 5) is 28.2. The lowest BCUT2D eigenvalue weighted by Crippen LogP contribution is -2.25. The minimum absolute atomic E-state index is 0.125. The van der Waals surface area contributed by atoms with Crippen LogP contribution >= 0.6 is 0 Å². The SMILES string of the molecule is CC(=O)c1ccccc1C(=O)NCc1ccccc1-n1ccnc1. The number of hydrogen-bond donors (Lipinski definition) is 1. The third kappa shape index (κ3) is 3.25. The van der Waals surface area contributed by atoms with E-state index in [-0.39, 0.29) is 11.7 Å². The van der Waals surface area contributed by atoms with Gasteiger partial charge in [-0.2, -0.15) is 0 Å². The number of rotatable bonds is 5. The van der Waals surface area contributed by atoms with E-state index >= 15 is 0 Å². The number of hydrogen-bond acceptors (Lipinski definition) is 3. The maximum Gasteiger partial charge on any atom is 0.252 e. The molecule has 0 fully saturated rings. The zero-order valence-corrected chi connectivity index (χ0v) is 13.3. The fourth-order valence-electron chi connectivity index (χ4n) is 2.57. The number of Topliss-reactive ketones (excluding diaryl/α,β-unsaturated/α-hetero) is 1. The highest BCUT2D eigenvalue weighted by atomic mass is 16.2. The van der Waals surface area contributed by atoms with Gasteiger partial charge in [0.1, 0.15) is 0 Å². The van der Waals surface area contributed by atoms with Crippen molar-refractivity contribution in [1.82, 2.24) is 14.9 Å². The lowest BCUT2D eigenvalue weighted by atomic mass is 10.0. The Morgan fingerprint density at radius 3 is 2.46 bits per heavy atom. The molecule has 5 nitrogen and oxygen atoms in total. The average molecular weight is 319 g/mol. The van der Waals surface area contributed by atoms with Crippen LogP contribution in [-0.4, -0.2) is 21.2 Å². The summed E-state index contributed by atoms with van der Waals surface area (Å²) in [5, 5.41) is 2.89. The van der Waals surface area contributed by atoms with E-state index in [1.165, 1.54) is 6.92 Å². The van der Waals surface area contributed by atoms with Crippen molar-refractivity contribution in [3.63, 3.8) is 0 Å². The molecule has 2 aromatic carbocycles. The predicted octanol–water partition coefficient (Wildman–Crippen LogP) is 3.00. The maximum absolute atomic E-state index is 12.5. The molecule has 0 aliphatic carbocycles. The first-order chi connectivity index (χ1) is 11.7. The normalized spacial score (nSPS) is 10.4. The van der Waals surface area contributed by atoms with Gasteiger partial charge in [-0.15, -0.1) is 0 Å². The van der Waals surface area contributed by atoms with Gasteiger partial charge in [0.15, 0.2) is 5.78 Å². The molecule has 0 saturated heterocycles. The van der Waals surface area contributed by atoms with Gasteiger partial charge in [0.2, 0.25) is 0 Å². The van der Waals surface area contributed by atoms with Crippen molar-refractivity contribution in [3.05, 3.63) is 83.9 Å². The van der Waals surface area contributed by atoms with Crippen LogP contribution in [0.4, 0.5) is 0 Å². The predicted molar refractivity (Wildman–Crippen MR) is 91.2 cm³/mol. The van der Waals surface area contributed by atoms with Crippen LogP contribution in [0.1, 0.15) is 33.2 Å². The molecule has 5 heteroatoms. The number of carbonyl (C=O) groups is 2. The number of ketones is 1. The average Bonchev–Trinajstić information content (AvgIpc) is 3.14. The standard InChI is InChI=1S/C19H17N3O2/c1-14(23)16-7-3-4-8-17(16)19(24)21-12-15-6-2-5-9-18(15)22-11-10-20-13-22/h2-11,13H,12H2,1H3,(H,21,24). The molecular weight excluding hydrogens is 302 g/mol. The Morgan fingerprint density at radius 1 is 1.04 bits per heavy atom. The highest BCUT2D eigenvalue weighted by Gasteiger charge is 2.14. The topological polar surface area (TPSA) is 64.0 Å². The van der Waals surface area contributed by atoms with Gasteiger partial charge in [-0.3, -0.25) is 9.59 Å². The van der Waals surface area contributed by atoms with E-state index in [0.717, 1.165) is 11.3 Å². The Bertz CT molecular complexity index is 870. The number of carbonyl (C=O) groups excluding carboxylic acids is 2. The molecule has 1 heterocycles. The molecule has 0 radical (unpaired) electrons. The van der Waals surface area contributed by atoms with Gasteiger partial charge in [-0.1, -0.05) is 36.4 Å². The number of amides is 1. The summed E-state index contributed by atoms with van der Waals surface area (Å²) in [6, 6.07) is 14.6. The fraction of sp³-hybridized carbons (Fsp3) is 0.105. The summed E-state index contributed by atoms with van der Waals surface area (Å²) in [6.45, 7) is 1.82. The number of aromatic nitrogens is 2. The molecular formula is C19H17N3O2. The Hall–Kier alpha value is -3.21. The van der Waals surface area contributed by atoms with E-state index in [4.69, 9.17) is 0 Å². The summed E-state index contributed by atoms with van der Waals surface area (Å²) < 4.78 is 1.89. The second kappa shape index (κ2) is 6.91. The monoisotopic (exact) mass is 319 g/mol. The lowest BCUT2D eigenvalue weighted by Gasteiger charge is -2.12. The summed E-state index contributed by atoms with van der Waals surface area (Å²) in [5.74, 6) is -0.388. The minimum Gasteiger partial charge on any atom is -0.348 e. The highest BCUT2D eigenvalue weighted by molar-refractivity contribution is 6.07. The second-order valence-electron chi connectivity index (χ2n) is 5.38. The Balaban J connectivity index is 1.80. The van der Waals surface area contributed by atoms with Crippen LogP contribution in [-0.2, 0) is 6.54 Å². The number of para-hydroxylation sites is 1. The molecule has 1 aromatic heterocycles. The lowest BCUT2D eigenvalue weighted by molar-refractivity contribution is 0.0936. The van der Waals surface area contributed by atoms with E-state index in [0.29, 0.717) is 17.7 Å². The van der Waals surface area contributed by atoms with Crippen molar-refractivity contribution in [1.29, 1.82) is 0 Å². The van der Waals surface area contributed by atoms with E-state index in [9.17, 15) is 9.59 Å². The first-order valence-corrected chi connectivity index (χ1v) is 7.61. The van der Waals surface area contributed by atoms with Crippen LogP contribution < -0.4 is 5.32 Å². The van der Waals surface area contributed by atoms with Gasteiger partial charge < -0.3 is 9.88 Å². The van der Waals surface area contributed by atoms with Crippen molar-refractivity contribution in [3.8, 4) is 5.69 Å². The zero-order valence-electron chi connectivity index (χ0n) is 13.3. The second-order valence-corrected chi connectivity index (χ2v) is 5.38. The quantitative estimate of drug-likeness (QED) is 0.735. The molecule has 3 rings (SSSR count). The van der Waals surface area contributed by atoms with E-state index < -0.39 is 0 Å². The largest absolute Gasteiger partial charge is 0.348 e. The number of benzene rings is 2. The minimum atomic E-state index is -0.263. The summed E-state index contributed by atoms with van der Waals surface area (Å²) in [6.07, 6.45) is 5.27. The van der Waals surface area contributed by atoms with Crippen LogP contribution in [0.2, 0.25) is 0 Å². The van der Waals surface area contributed by atoms with Crippen LogP contribution in [0.5, 0.6) is 0 Å². The molecule has 1 amide bonds. The fourth-order valence-corrected chi connectivity index (χ4v) is 2.57. The molecule has 24 heavy (non-hydrogen) atoms. The van der Waals surface area contributed by atoms with Crippen LogP contribution in [0.15, 0.2) is 67.3 Å². The summed E-state index contributed by atoms with van der Waals surface area (Å²) in [5.41, 5.74) is 2.74. The third-order valence-corrected chi connectivity index (χ3v) is 3.76. The zero-order chi connectivity index (χ0) is 16.9. The van der Waals surface area contributed by atoms with Crippen molar-refractivity contribution in [2.75, 3.05) is 0 Å². The molecule has 0 bridgehead atoms. The Labute approximate surface area is 140 Å². The van der Waals surface area contributed by atoms with Gasteiger partial charge in [0.25, 0.3) is 5.91 Å². The van der Waals surface area contributed by atoms with Crippen molar-refractivity contribution in [2.24, 2.45) is 0 Å². The van der Waals surface area contributed by atoms with Crippen LogP contribution in [0, 0.1) is 0 Å². The smallest absolute Gasteiger partial charge is 0.252 e. The highest BCUT2D eigenvalue weighted by Crippen LogP contribution is 2.15. The number of nitrogens with zero attached hydrogens (tertiary/aromatic N) is 2. The third-order valence-electron chi connectivity index (χ3n) is 3.76. The van der Waals surface area contributed by atoms with Gasteiger partial charge in [-0.25, -0.2) is 4.98 Å². The molecule has 0 aliphatic heterocycles. The van der Waals surface area contributed by atoms with E-state index in [1.807, 2.05) is 35.0 Å². The maximum atomic E-state index is 12.5. The van der Waals surface area contributed by atoms with Gasteiger partial charge in [-0.05, 0) is 24.6 Å². The summed E-state index contributed by atoms with van der Waals surface area (Å²) in [7, 11) is 0. The van der Waals surface area contributed by atoms with Crippen molar-refractivity contribution in [2.45, 2.75) is 13.5 Å². The molecule has 120 valence electrons. The van der Waals surface area contributed by atoms with E-state index in [2.05, 4.69) is 10.3 Å². The number of nitrogens with one attached hydrogen (secondary N) is 1. The first-order valence-electron chi connectivity index (χ1n) is 7.61. The molecule has 0 unspecified atom stereocenters. The van der Waals surface area contributed by atoms with Crippen LogP contribution in [0.3, 0.4) is 0 Å². The molecule has 0 saturated carbocycles. The van der Waals surface area contributed by atoms with Crippen molar-refractivity contribution >= 4 is 11.7 Å². The molecule has 0 aliphatic rings. The van der Waals surface area contributed by atoms with Crippen molar-refractivity contribution < 1.29 is 9.59 Å². The molecule has 0 spiro atoms. The first kappa shape index (κ1) is 15.7. The van der Waals surface area contributed by atoms with Crippen LogP contribution in [0.25, 0.3) is 5.69 Å². The van der Waals surface area contributed by atoms with Gasteiger partial charge in [0.05, 0.1) is 17.6 Å².